The van der Waals surface area contributed by atoms with Gasteiger partial charge in [-0.25, -0.2) is 0 Å². The molecule has 0 amide bonds. The van der Waals surface area contributed by atoms with Crippen LogP contribution in [0.2, 0.25) is 5.02 Å². The molecule has 0 radical (unpaired) electrons. The zero-order chi connectivity index (χ0) is 17.3. The summed E-state index contributed by atoms with van der Waals surface area (Å²) >= 11 is 6.19. The van der Waals surface area contributed by atoms with Crippen molar-refractivity contribution in [3.05, 3.63) is 76.8 Å². The Bertz CT molecular complexity index is 841. The number of aromatic hydroxyl groups is 2. The van der Waals surface area contributed by atoms with Crippen LogP contribution in [0.1, 0.15) is 11.1 Å². The fourth-order valence-electron chi connectivity index (χ4n) is 2.67. The normalized spacial score (nSPS) is 11.0. The van der Waals surface area contributed by atoms with Gasteiger partial charge in [0.15, 0.2) is 0 Å². The predicted molar refractivity (Wildman–Crippen MR) is 103 cm³/mol. The quantitative estimate of drug-likeness (QED) is 0.693. The lowest BCUT2D eigenvalue weighted by atomic mass is 10.2. The second-order valence-corrected chi connectivity index (χ2v) is 8.29. The van der Waals surface area contributed by atoms with Crippen molar-refractivity contribution in [2.45, 2.75) is 13.8 Å². The molecule has 0 bridgehead atoms. The molecule has 122 valence electrons. The standard InChI is InChI=1S/C20H18ClO2P/c1-13-6-3-10-17(19(13)22)24(16-9-5-8-15(21)12-16)18-11-4-7-14(2)20(18)23/h3-12,22-23H,1-2H3. The van der Waals surface area contributed by atoms with E-state index in [-0.39, 0.29) is 11.5 Å². The Kier molecular flexibility index (Phi) is 4.80. The van der Waals surface area contributed by atoms with Crippen molar-refractivity contribution >= 4 is 35.4 Å². The van der Waals surface area contributed by atoms with E-state index in [1.54, 1.807) is 0 Å². The lowest BCUT2D eigenvalue weighted by molar-refractivity contribution is 0.475. The molecule has 3 aromatic rings. The Labute approximate surface area is 148 Å². The molecule has 0 atom stereocenters. The zero-order valence-corrected chi connectivity index (χ0v) is 15.1. The number of phenolic OH excluding ortho intramolecular Hbond substituents is 2. The fourth-order valence-corrected chi connectivity index (χ4v) is 5.50. The fraction of sp³-hybridized carbons (Fsp3) is 0.100. The first-order valence-electron chi connectivity index (χ1n) is 7.62. The molecule has 0 aliphatic rings. The minimum Gasteiger partial charge on any atom is -0.507 e. The number of para-hydroxylation sites is 2. The number of phenols is 2. The van der Waals surface area contributed by atoms with Gasteiger partial charge < -0.3 is 10.2 Å². The zero-order valence-electron chi connectivity index (χ0n) is 13.5. The molecule has 0 fully saturated rings. The maximum atomic E-state index is 10.6. The Morgan fingerprint density at radius 2 is 1.25 bits per heavy atom. The van der Waals surface area contributed by atoms with Crippen LogP contribution >= 0.6 is 19.5 Å². The molecule has 2 nitrogen and oxygen atoms in total. The average molecular weight is 357 g/mol. The number of halogens is 1. The topological polar surface area (TPSA) is 40.5 Å². The molecule has 0 saturated heterocycles. The molecule has 0 unspecified atom stereocenters. The molecular formula is C20H18ClO2P. The van der Waals surface area contributed by atoms with Crippen LogP contribution in [0.4, 0.5) is 0 Å². The number of benzene rings is 3. The van der Waals surface area contributed by atoms with Gasteiger partial charge in [0.1, 0.15) is 11.5 Å². The van der Waals surface area contributed by atoms with E-state index in [1.165, 1.54) is 0 Å². The molecule has 0 spiro atoms. The summed E-state index contributed by atoms with van der Waals surface area (Å²) < 4.78 is 0. The van der Waals surface area contributed by atoms with E-state index in [9.17, 15) is 10.2 Å². The predicted octanol–water partition coefficient (Wildman–Crippen LogP) is 4.13. The van der Waals surface area contributed by atoms with Crippen LogP contribution in [-0.2, 0) is 0 Å². The molecule has 4 heteroatoms. The van der Waals surface area contributed by atoms with Crippen LogP contribution in [0.3, 0.4) is 0 Å². The third-order valence-electron chi connectivity index (χ3n) is 3.98. The summed E-state index contributed by atoms with van der Waals surface area (Å²) in [7, 11) is -1.12. The molecule has 0 aromatic heterocycles. The van der Waals surface area contributed by atoms with Crippen LogP contribution in [-0.4, -0.2) is 10.2 Å². The van der Waals surface area contributed by atoms with Crippen LogP contribution in [0, 0.1) is 13.8 Å². The Morgan fingerprint density at radius 3 is 1.75 bits per heavy atom. The van der Waals surface area contributed by atoms with E-state index >= 15 is 0 Å². The van der Waals surface area contributed by atoms with Crippen LogP contribution in [0.5, 0.6) is 11.5 Å². The van der Waals surface area contributed by atoms with Gasteiger partial charge in [0.05, 0.1) is 0 Å². The van der Waals surface area contributed by atoms with Crippen LogP contribution in [0.25, 0.3) is 0 Å². The largest absolute Gasteiger partial charge is 0.507 e. The number of rotatable bonds is 3. The lowest BCUT2D eigenvalue weighted by Gasteiger charge is -2.22. The molecular weight excluding hydrogens is 339 g/mol. The summed E-state index contributed by atoms with van der Waals surface area (Å²) in [6.45, 7) is 3.75. The summed E-state index contributed by atoms with van der Waals surface area (Å²) in [5.74, 6) is 0.536. The summed E-state index contributed by atoms with van der Waals surface area (Å²) in [6.07, 6.45) is 0. The first-order valence-corrected chi connectivity index (χ1v) is 9.34. The SMILES string of the molecule is Cc1cccc(P(c2cccc(Cl)c2)c2cccc(C)c2O)c1O. The van der Waals surface area contributed by atoms with Gasteiger partial charge in [0, 0.05) is 15.6 Å². The van der Waals surface area contributed by atoms with E-state index in [1.807, 2.05) is 74.5 Å². The van der Waals surface area contributed by atoms with Gasteiger partial charge in [-0.15, -0.1) is 0 Å². The minimum absolute atomic E-state index is 0.268. The van der Waals surface area contributed by atoms with Crippen molar-refractivity contribution in [3.8, 4) is 11.5 Å². The van der Waals surface area contributed by atoms with Gasteiger partial charge in [0.25, 0.3) is 0 Å². The Hall–Kier alpha value is -2.02. The summed E-state index contributed by atoms with van der Waals surface area (Å²) in [5.41, 5.74) is 1.63. The van der Waals surface area contributed by atoms with E-state index in [4.69, 9.17) is 11.6 Å². The van der Waals surface area contributed by atoms with Gasteiger partial charge in [-0.05, 0) is 50.3 Å². The molecule has 24 heavy (non-hydrogen) atoms. The highest BCUT2D eigenvalue weighted by atomic mass is 35.5. The summed E-state index contributed by atoms with van der Waals surface area (Å²) in [6, 6.07) is 19.0. The van der Waals surface area contributed by atoms with E-state index in [0.717, 1.165) is 27.0 Å². The molecule has 0 aliphatic carbocycles. The highest BCUT2D eigenvalue weighted by molar-refractivity contribution is 7.80. The van der Waals surface area contributed by atoms with Crippen molar-refractivity contribution < 1.29 is 10.2 Å². The minimum atomic E-state index is -1.12. The summed E-state index contributed by atoms with van der Waals surface area (Å²) in [5, 5.41) is 24.5. The monoisotopic (exact) mass is 356 g/mol. The first kappa shape index (κ1) is 16.8. The molecule has 0 aliphatic heterocycles. The highest BCUT2D eigenvalue weighted by Crippen LogP contribution is 2.40. The third kappa shape index (κ3) is 3.13. The van der Waals surface area contributed by atoms with Crippen molar-refractivity contribution in [3.63, 3.8) is 0 Å². The molecule has 3 rings (SSSR count). The molecule has 2 N–H and O–H groups in total. The van der Waals surface area contributed by atoms with Crippen molar-refractivity contribution in [2.24, 2.45) is 0 Å². The summed E-state index contributed by atoms with van der Waals surface area (Å²) in [4.78, 5) is 0. The van der Waals surface area contributed by atoms with E-state index in [0.29, 0.717) is 5.02 Å². The van der Waals surface area contributed by atoms with Crippen molar-refractivity contribution in [2.75, 3.05) is 0 Å². The van der Waals surface area contributed by atoms with E-state index in [2.05, 4.69) is 0 Å². The van der Waals surface area contributed by atoms with Gasteiger partial charge in [-0.1, -0.05) is 60.1 Å². The Balaban J connectivity index is 2.29. The van der Waals surface area contributed by atoms with Crippen molar-refractivity contribution in [1.82, 2.24) is 0 Å². The first-order chi connectivity index (χ1) is 11.5. The second-order valence-electron chi connectivity index (χ2n) is 5.70. The Morgan fingerprint density at radius 1 is 0.750 bits per heavy atom. The number of hydrogen-bond donors (Lipinski definition) is 2. The van der Waals surface area contributed by atoms with Gasteiger partial charge in [0.2, 0.25) is 0 Å². The van der Waals surface area contributed by atoms with Gasteiger partial charge >= 0.3 is 0 Å². The van der Waals surface area contributed by atoms with Gasteiger partial charge in [-0.3, -0.25) is 0 Å². The van der Waals surface area contributed by atoms with Crippen LogP contribution in [0.15, 0.2) is 60.7 Å². The average Bonchev–Trinajstić information content (AvgIpc) is 2.56. The highest BCUT2D eigenvalue weighted by Gasteiger charge is 2.23. The maximum Gasteiger partial charge on any atom is 0.126 e. The van der Waals surface area contributed by atoms with Crippen molar-refractivity contribution in [1.29, 1.82) is 0 Å². The third-order valence-corrected chi connectivity index (χ3v) is 6.70. The molecule has 3 aromatic carbocycles. The lowest BCUT2D eigenvalue weighted by Crippen LogP contribution is -2.22. The second kappa shape index (κ2) is 6.84. The molecule has 0 heterocycles. The number of aryl methyl sites for hydroxylation is 2. The molecule has 0 saturated carbocycles. The van der Waals surface area contributed by atoms with Gasteiger partial charge in [-0.2, -0.15) is 0 Å². The smallest absolute Gasteiger partial charge is 0.126 e. The van der Waals surface area contributed by atoms with E-state index < -0.39 is 7.92 Å². The van der Waals surface area contributed by atoms with Crippen LogP contribution < -0.4 is 15.9 Å². The maximum absolute atomic E-state index is 10.6. The number of hydrogen-bond acceptors (Lipinski definition) is 2.